The fraction of sp³-hybridized carbons (Fsp3) is 0.111. The van der Waals surface area contributed by atoms with E-state index in [0.29, 0.717) is 16.6 Å². The zero-order valence-electron chi connectivity index (χ0n) is 7.14. The molecule has 0 fully saturated rings. The molecule has 0 radical (unpaired) electrons. The molecule has 0 aliphatic rings. The third kappa shape index (κ3) is 1.23. The number of carboxylic acid groups (broad SMARTS) is 1. The van der Waals surface area contributed by atoms with Crippen LogP contribution in [0.3, 0.4) is 0 Å². The summed E-state index contributed by atoms with van der Waals surface area (Å²) in [6.07, 6.45) is -0.0649. The summed E-state index contributed by atoms with van der Waals surface area (Å²) in [7, 11) is 0. The number of nitrogens with zero attached hydrogens (tertiary/aromatic N) is 1. The number of nitrogens with one attached hydrogen (secondary N) is 1. The number of rotatable bonds is 2. The number of aromatic nitrogens is 2. The molecular formula is C9H8N2O3. The first-order valence-corrected chi connectivity index (χ1v) is 4.03. The van der Waals surface area contributed by atoms with Crippen LogP contribution in [0.15, 0.2) is 24.5 Å². The van der Waals surface area contributed by atoms with Crippen LogP contribution in [0.2, 0.25) is 0 Å². The Morgan fingerprint density at radius 1 is 1.50 bits per heavy atom. The standard InChI is InChI=1S/C9H8N2O3/c12-8(9(13)14)5-2-1-3-6-7(5)11-4-10-6/h1-4,8,12H,(H,10,11)(H,13,14). The highest BCUT2D eigenvalue weighted by Crippen LogP contribution is 2.21. The number of hydrogen-bond acceptors (Lipinski definition) is 3. The van der Waals surface area contributed by atoms with Crippen LogP contribution in [-0.4, -0.2) is 26.2 Å². The van der Waals surface area contributed by atoms with Gasteiger partial charge in [0.2, 0.25) is 0 Å². The number of benzene rings is 1. The number of aliphatic carboxylic acids is 1. The van der Waals surface area contributed by atoms with E-state index in [2.05, 4.69) is 9.97 Å². The number of para-hydroxylation sites is 1. The van der Waals surface area contributed by atoms with Crippen molar-refractivity contribution in [3.05, 3.63) is 30.1 Å². The van der Waals surface area contributed by atoms with E-state index in [1.54, 1.807) is 18.2 Å². The van der Waals surface area contributed by atoms with Crippen molar-refractivity contribution < 1.29 is 15.0 Å². The number of aromatic amines is 1. The van der Waals surface area contributed by atoms with Gasteiger partial charge < -0.3 is 15.2 Å². The molecule has 1 unspecified atom stereocenters. The van der Waals surface area contributed by atoms with Gasteiger partial charge in [0.05, 0.1) is 17.4 Å². The van der Waals surface area contributed by atoms with Crippen LogP contribution in [0.4, 0.5) is 0 Å². The van der Waals surface area contributed by atoms with E-state index in [9.17, 15) is 9.90 Å². The molecule has 5 heteroatoms. The molecular weight excluding hydrogens is 184 g/mol. The van der Waals surface area contributed by atoms with E-state index < -0.39 is 12.1 Å². The first kappa shape index (κ1) is 8.71. The Kier molecular flexibility index (Phi) is 1.94. The van der Waals surface area contributed by atoms with Crippen LogP contribution in [0.25, 0.3) is 11.0 Å². The van der Waals surface area contributed by atoms with Crippen molar-refractivity contribution in [1.82, 2.24) is 9.97 Å². The van der Waals surface area contributed by atoms with Gasteiger partial charge >= 0.3 is 5.97 Å². The van der Waals surface area contributed by atoms with Gasteiger partial charge in [-0.3, -0.25) is 0 Å². The number of fused-ring (bicyclic) bond motifs is 1. The summed E-state index contributed by atoms with van der Waals surface area (Å²) < 4.78 is 0. The number of imidazole rings is 1. The fourth-order valence-corrected chi connectivity index (χ4v) is 1.34. The van der Waals surface area contributed by atoms with Gasteiger partial charge in [-0.25, -0.2) is 9.78 Å². The first-order valence-electron chi connectivity index (χ1n) is 4.03. The second kappa shape index (κ2) is 3.12. The summed E-state index contributed by atoms with van der Waals surface area (Å²) in [5, 5.41) is 18.0. The predicted octanol–water partition coefficient (Wildman–Crippen LogP) is 0.681. The van der Waals surface area contributed by atoms with Crippen LogP contribution in [0.1, 0.15) is 11.7 Å². The molecule has 3 N–H and O–H groups in total. The Balaban J connectivity index is 2.61. The minimum Gasteiger partial charge on any atom is -0.479 e. The lowest BCUT2D eigenvalue weighted by Crippen LogP contribution is -2.10. The molecule has 0 bridgehead atoms. The summed E-state index contributed by atoms with van der Waals surface area (Å²) in [5.74, 6) is -1.28. The van der Waals surface area contributed by atoms with Crippen LogP contribution in [-0.2, 0) is 4.79 Å². The van der Waals surface area contributed by atoms with Gasteiger partial charge in [-0.2, -0.15) is 0 Å². The van der Waals surface area contributed by atoms with E-state index in [-0.39, 0.29) is 0 Å². The molecule has 5 nitrogen and oxygen atoms in total. The molecule has 1 heterocycles. The Bertz CT molecular complexity index is 478. The zero-order valence-corrected chi connectivity index (χ0v) is 7.14. The lowest BCUT2D eigenvalue weighted by atomic mass is 10.1. The normalized spacial score (nSPS) is 12.9. The summed E-state index contributed by atoms with van der Waals surface area (Å²) in [4.78, 5) is 17.4. The summed E-state index contributed by atoms with van der Waals surface area (Å²) >= 11 is 0. The number of carboxylic acids is 1. The topological polar surface area (TPSA) is 86.2 Å². The Morgan fingerprint density at radius 3 is 3.00 bits per heavy atom. The smallest absolute Gasteiger partial charge is 0.337 e. The zero-order chi connectivity index (χ0) is 10.1. The lowest BCUT2D eigenvalue weighted by Gasteiger charge is -2.05. The molecule has 0 aliphatic carbocycles. The lowest BCUT2D eigenvalue weighted by molar-refractivity contribution is -0.146. The van der Waals surface area contributed by atoms with E-state index in [0.717, 1.165) is 0 Å². The highest BCUT2D eigenvalue weighted by Gasteiger charge is 2.19. The summed E-state index contributed by atoms with van der Waals surface area (Å²) in [6, 6.07) is 4.98. The van der Waals surface area contributed by atoms with E-state index in [1.807, 2.05) is 0 Å². The maximum Gasteiger partial charge on any atom is 0.337 e. The van der Waals surface area contributed by atoms with Crippen LogP contribution in [0.5, 0.6) is 0 Å². The van der Waals surface area contributed by atoms with Gasteiger partial charge in [-0.15, -0.1) is 0 Å². The highest BCUT2D eigenvalue weighted by atomic mass is 16.4. The van der Waals surface area contributed by atoms with Crippen molar-refractivity contribution in [1.29, 1.82) is 0 Å². The molecule has 14 heavy (non-hydrogen) atoms. The van der Waals surface area contributed by atoms with Crippen LogP contribution >= 0.6 is 0 Å². The second-order valence-electron chi connectivity index (χ2n) is 2.89. The first-order chi connectivity index (χ1) is 6.70. The number of H-pyrrole nitrogens is 1. The Labute approximate surface area is 79.0 Å². The number of carbonyl (C=O) groups is 1. The predicted molar refractivity (Wildman–Crippen MR) is 48.7 cm³/mol. The molecule has 1 atom stereocenters. The molecule has 0 amide bonds. The molecule has 2 aromatic rings. The van der Waals surface area contributed by atoms with Gasteiger partial charge in [0.15, 0.2) is 6.10 Å². The molecule has 72 valence electrons. The van der Waals surface area contributed by atoms with Gasteiger partial charge in [-0.05, 0) is 6.07 Å². The number of aliphatic hydroxyl groups is 1. The van der Waals surface area contributed by atoms with Gasteiger partial charge in [0.25, 0.3) is 0 Å². The molecule has 1 aromatic carbocycles. The Morgan fingerprint density at radius 2 is 2.29 bits per heavy atom. The quantitative estimate of drug-likeness (QED) is 0.653. The molecule has 0 spiro atoms. The third-order valence-electron chi connectivity index (χ3n) is 2.01. The van der Waals surface area contributed by atoms with Crippen LogP contribution < -0.4 is 0 Å². The molecule has 1 aromatic heterocycles. The number of hydrogen-bond donors (Lipinski definition) is 3. The maximum absolute atomic E-state index is 10.6. The fourth-order valence-electron chi connectivity index (χ4n) is 1.34. The van der Waals surface area contributed by atoms with Gasteiger partial charge in [0.1, 0.15) is 0 Å². The average molecular weight is 192 g/mol. The van der Waals surface area contributed by atoms with Crippen molar-refractivity contribution in [3.8, 4) is 0 Å². The van der Waals surface area contributed by atoms with Crippen LogP contribution in [0, 0.1) is 0 Å². The summed E-state index contributed by atoms with van der Waals surface area (Å²) in [6.45, 7) is 0. The molecule has 0 aliphatic heterocycles. The molecule has 0 saturated carbocycles. The monoisotopic (exact) mass is 192 g/mol. The maximum atomic E-state index is 10.6. The minimum atomic E-state index is -1.53. The van der Waals surface area contributed by atoms with E-state index in [1.165, 1.54) is 6.33 Å². The van der Waals surface area contributed by atoms with Crippen molar-refractivity contribution in [3.63, 3.8) is 0 Å². The van der Waals surface area contributed by atoms with Crippen molar-refractivity contribution in [2.75, 3.05) is 0 Å². The van der Waals surface area contributed by atoms with Crippen molar-refractivity contribution >= 4 is 17.0 Å². The average Bonchev–Trinajstić information content (AvgIpc) is 2.63. The van der Waals surface area contributed by atoms with E-state index >= 15 is 0 Å². The van der Waals surface area contributed by atoms with Crippen molar-refractivity contribution in [2.24, 2.45) is 0 Å². The SMILES string of the molecule is O=C(O)C(O)c1cccc2[nH]cnc12. The second-order valence-corrected chi connectivity index (χ2v) is 2.89. The summed E-state index contributed by atoms with van der Waals surface area (Å²) in [5.41, 5.74) is 1.50. The molecule has 2 rings (SSSR count). The molecule has 0 saturated heterocycles. The largest absolute Gasteiger partial charge is 0.479 e. The number of aliphatic hydroxyl groups excluding tert-OH is 1. The highest BCUT2D eigenvalue weighted by molar-refractivity contribution is 5.85. The Hall–Kier alpha value is -1.88. The van der Waals surface area contributed by atoms with Gasteiger partial charge in [-0.1, -0.05) is 12.1 Å². The van der Waals surface area contributed by atoms with Crippen molar-refractivity contribution in [2.45, 2.75) is 6.10 Å². The van der Waals surface area contributed by atoms with Gasteiger partial charge in [0, 0.05) is 5.56 Å². The third-order valence-corrected chi connectivity index (χ3v) is 2.01. The minimum absolute atomic E-state index is 0.302. The van der Waals surface area contributed by atoms with E-state index in [4.69, 9.17) is 5.11 Å².